The first-order valence-corrected chi connectivity index (χ1v) is 12.1. The standard InChI is InChI=1S/C27H29F2N5O2/c1-32(2)15-22(17-5-4-6-23(28)24(17)29)25(35)21-14-31-26-19(21)11-16(13-30-26)18-12-20(18)27(36)34-9-7-33(3)8-10-34/h4-6,11,13-15,18,20H,7-10,12H2,1-3H3,(H,30,31)/b22-15-/t18-,20+/m0/s1. The van der Waals surface area contributed by atoms with Gasteiger partial charge in [-0.3, -0.25) is 9.59 Å². The van der Waals surface area contributed by atoms with E-state index in [1.165, 1.54) is 18.3 Å². The van der Waals surface area contributed by atoms with Gasteiger partial charge in [0, 0.05) is 86.9 Å². The second-order valence-corrected chi connectivity index (χ2v) is 9.88. The largest absolute Gasteiger partial charge is 0.383 e. The van der Waals surface area contributed by atoms with Gasteiger partial charge in [0.1, 0.15) is 5.65 Å². The van der Waals surface area contributed by atoms with Gasteiger partial charge in [0.25, 0.3) is 0 Å². The van der Waals surface area contributed by atoms with E-state index in [-0.39, 0.29) is 28.9 Å². The van der Waals surface area contributed by atoms with Crippen molar-refractivity contribution in [3.05, 3.63) is 71.2 Å². The van der Waals surface area contributed by atoms with E-state index >= 15 is 0 Å². The van der Waals surface area contributed by atoms with Crippen LogP contribution < -0.4 is 0 Å². The Bertz CT molecular complexity index is 1360. The van der Waals surface area contributed by atoms with Gasteiger partial charge in [-0.05, 0) is 37.1 Å². The Balaban J connectivity index is 1.43. The van der Waals surface area contributed by atoms with Gasteiger partial charge in [-0.15, -0.1) is 0 Å². The lowest BCUT2D eigenvalue weighted by molar-refractivity contribution is -0.134. The Morgan fingerprint density at radius 3 is 2.61 bits per heavy atom. The number of hydrogen-bond acceptors (Lipinski definition) is 5. The average Bonchev–Trinajstić information content (AvgIpc) is 3.55. The van der Waals surface area contributed by atoms with Crippen LogP contribution in [0.25, 0.3) is 16.6 Å². The summed E-state index contributed by atoms with van der Waals surface area (Å²) in [5.74, 6) is -2.37. The molecule has 9 heteroatoms. The van der Waals surface area contributed by atoms with E-state index in [1.54, 1.807) is 31.4 Å². The van der Waals surface area contributed by atoms with Crippen LogP contribution in [0.2, 0.25) is 0 Å². The molecular formula is C27H29F2N5O2. The van der Waals surface area contributed by atoms with Gasteiger partial charge in [-0.2, -0.15) is 0 Å². The van der Waals surface area contributed by atoms with E-state index in [0.717, 1.165) is 44.2 Å². The predicted octanol–water partition coefficient (Wildman–Crippen LogP) is 3.50. The molecule has 1 N–H and O–H groups in total. The lowest BCUT2D eigenvalue weighted by atomic mass is 9.96. The van der Waals surface area contributed by atoms with Crippen molar-refractivity contribution in [2.45, 2.75) is 12.3 Å². The SMILES string of the molecule is CN(C)/C=C(\C(=O)c1c[nH]c2ncc([C@@H]3C[C@H]3C(=O)N3CCN(C)CC3)cc12)c1cccc(F)c1F. The van der Waals surface area contributed by atoms with E-state index < -0.39 is 17.4 Å². The number of aromatic nitrogens is 2. The number of hydrogen-bond donors (Lipinski definition) is 1. The highest BCUT2D eigenvalue weighted by Gasteiger charge is 2.46. The van der Waals surface area contributed by atoms with Crippen molar-refractivity contribution in [3.8, 4) is 0 Å². The molecule has 7 nitrogen and oxygen atoms in total. The zero-order valence-electron chi connectivity index (χ0n) is 20.6. The maximum absolute atomic E-state index is 14.6. The highest BCUT2D eigenvalue weighted by molar-refractivity contribution is 6.32. The summed E-state index contributed by atoms with van der Waals surface area (Å²) >= 11 is 0. The molecule has 0 bridgehead atoms. The van der Waals surface area contributed by atoms with Crippen molar-refractivity contribution in [3.63, 3.8) is 0 Å². The summed E-state index contributed by atoms with van der Waals surface area (Å²) in [5, 5.41) is 0.594. The third-order valence-electron chi connectivity index (χ3n) is 7.02. The Kier molecular flexibility index (Phi) is 6.34. The molecule has 2 fully saturated rings. The van der Waals surface area contributed by atoms with E-state index in [1.807, 2.05) is 11.0 Å². The summed E-state index contributed by atoms with van der Waals surface area (Å²) in [7, 11) is 5.48. The van der Waals surface area contributed by atoms with Crippen molar-refractivity contribution in [1.82, 2.24) is 24.7 Å². The van der Waals surface area contributed by atoms with E-state index in [9.17, 15) is 18.4 Å². The normalized spacial score (nSPS) is 20.6. The second-order valence-electron chi connectivity index (χ2n) is 9.88. The molecule has 0 unspecified atom stereocenters. The molecule has 5 rings (SSSR count). The Morgan fingerprint density at radius 1 is 1.14 bits per heavy atom. The fraction of sp³-hybridized carbons (Fsp3) is 0.370. The number of halogens is 2. The summed E-state index contributed by atoms with van der Waals surface area (Å²) in [6, 6.07) is 5.68. The van der Waals surface area contributed by atoms with Gasteiger partial charge in [0.2, 0.25) is 5.91 Å². The lowest BCUT2D eigenvalue weighted by Crippen LogP contribution is -2.47. The maximum Gasteiger partial charge on any atom is 0.226 e. The van der Waals surface area contributed by atoms with Crippen molar-refractivity contribution >= 4 is 28.3 Å². The number of benzene rings is 1. The number of carbonyl (C=O) groups excluding carboxylic acids is 2. The molecule has 0 spiro atoms. The molecule has 1 aromatic carbocycles. The molecule has 2 atom stereocenters. The minimum atomic E-state index is -1.07. The van der Waals surface area contributed by atoms with Crippen LogP contribution in [0.5, 0.6) is 0 Å². The molecule has 3 aromatic rings. The third-order valence-corrected chi connectivity index (χ3v) is 7.02. The summed E-state index contributed by atoms with van der Waals surface area (Å²) < 4.78 is 28.6. The van der Waals surface area contributed by atoms with Crippen LogP contribution in [-0.4, -0.2) is 83.7 Å². The monoisotopic (exact) mass is 493 g/mol. The first kappa shape index (κ1) is 24.1. The van der Waals surface area contributed by atoms with Crippen molar-refractivity contribution in [2.75, 3.05) is 47.3 Å². The molecule has 1 saturated heterocycles. The molecule has 1 saturated carbocycles. The van der Waals surface area contributed by atoms with E-state index in [4.69, 9.17) is 0 Å². The molecule has 2 aliphatic rings. The fourth-order valence-corrected chi connectivity index (χ4v) is 4.87. The molecular weight excluding hydrogens is 464 g/mol. The summed E-state index contributed by atoms with van der Waals surface area (Å²) in [5.41, 5.74) is 1.68. The van der Waals surface area contributed by atoms with Gasteiger partial charge in [-0.1, -0.05) is 12.1 Å². The smallest absolute Gasteiger partial charge is 0.226 e. The minimum absolute atomic E-state index is 0.0397. The van der Waals surface area contributed by atoms with Crippen LogP contribution in [0.4, 0.5) is 8.78 Å². The molecule has 1 amide bonds. The zero-order valence-corrected chi connectivity index (χ0v) is 20.6. The Morgan fingerprint density at radius 2 is 1.89 bits per heavy atom. The molecule has 1 aliphatic heterocycles. The summed E-state index contributed by atoms with van der Waals surface area (Å²) in [6.07, 6.45) is 5.54. The number of piperazine rings is 1. The number of carbonyl (C=O) groups is 2. The molecule has 188 valence electrons. The van der Waals surface area contributed by atoms with Crippen molar-refractivity contribution < 1.29 is 18.4 Å². The number of allylic oxidation sites excluding steroid dienone is 1. The summed E-state index contributed by atoms with van der Waals surface area (Å²) in [6.45, 7) is 3.23. The van der Waals surface area contributed by atoms with Crippen LogP contribution >= 0.6 is 0 Å². The molecule has 0 radical (unpaired) electrons. The molecule has 3 heterocycles. The third kappa shape index (κ3) is 4.51. The van der Waals surface area contributed by atoms with Gasteiger partial charge < -0.3 is 19.7 Å². The minimum Gasteiger partial charge on any atom is -0.383 e. The first-order valence-electron chi connectivity index (χ1n) is 12.1. The number of nitrogens with one attached hydrogen (secondary N) is 1. The first-order chi connectivity index (χ1) is 17.2. The second kappa shape index (κ2) is 9.46. The van der Waals surface area contributed by atoms with E-state index in [2.05, 4.69) is 21.9 Å². The maximum atomic E-state index is 14.6. The number of rotatable bonds is 6. The number of aromatic amines is 1. The highest BCUT2D eigenvalue weighted by atomic mass is 19.2. The molecule has 1 aliphatic carbocycles. The Labute approximate surface area is 208 Å². The lowest BCUT2D eigenvalue weighted by Gasteiger charge is -2.32. The van der Waals surface area contributed by atoms with Gasteiger partial charge >= 0.3 is 0 Å². The topological polar surface area (TPSA) is 72.5 Å². The van der Waals surface area contributed by atoms with Crippen LogP contribution in [0.1, 0.15) is 33.8 Å². The van der Waals surface area contributed by atoms with Gasteiger partial charge in [0.05, 0.1) is 0 Å². The van der Waals surface area contributed by atoms with Crippen LogP contribution in [0, 0.1) is 17.6 Å². The number of fused-ring (bicyclic) bond motifs is 1. The molecule has 2 aromatic heterocycles. The van der Waals surface area contributed by atoms with Crippen LogP contribution in [0.15, 0.2) is 42.9 Å². The van der Waals surface area contributed by atoms with E-state index in [0.29, 0.717) is 16.6 Å². The average molecular weight is 494 g/mol. The number of nitrogens with zero attached hydrogens (tertiary/aromatic N) is 4. The number of likely N-dealkylation sites (N-methyl/N-ethyl adjacent to an activating group) is 1. The highest BCUT2D eigenvalue weighted by Crippen LogP contribution is 2.49. The van der Waals surface area contributed by atoms with Crippen LogP contribution in [-0.2, 0) is 4.79 Å². The molecule has 36 heavy (non-hydrogen) atoms. The zero-order chi connectivity index (χ0) is 25.6. The fourth-order valence-electron chi connectivity index (χ4n) is 4.87. The van der Waals surface area contributed by atoms with Gasteiger partial charge in [-0.25, -0.2) is 13.8 Å². The Hall–Kier alpha value is -3.59. The number of amides is 1. The number of ketones is 1. The summed E-state index contributed by atoms with van der Waals surface area (Å²) in [4.78, 5) is 39.9. The predicted molar refractivity (Wildman–Crippen MR) is 133 cm³/mol. The number of Topliss-reactive ketones (excluding diaryl/α,β-unsaturated/α-hetero) is 1. The van der Waals surface area contributed by atoms with Crippen molar-refractivity contribution in [1.29, 1.82) is 0 Å². The quantitative estimate of drug-likeness (QED) is 0.420. The van der Waals surface area contributed by atoms with Crippen LogP contribution in [0.3, 0.4) is 0 Å². The van der Waals surface area contributed by atoms with Crippen molar-refractivity contribution in [2.24, 2.45) is 5.92 Å². The number of H-pyrrole nitrogens is 1. The van der Waals surface area contributed by atoms with Gasteiger partial charge in [0.15, 0.2) is 17.4 Å². The number of pyridine rings is 1.